The van der Waals surface area contributed by atoms with Crippen LogP contribution in [0.25, 0.3) is 0 Å². The molecule has 0 aromatic heterocycles. The van der Waals surface area contributed by atoms with Gasteiger partial charge in [-0.15, -0.1) is 0 Å². The highest BCUT2D eigenvalue weighted by atomic mass is 19.4. The van der Waals surface area contributed by atoms with Crippen molar-refractivity contribution >= 4 is 11.8 Å². The van der Waals surface area contributed by atoms with E-state index in [9.17, 15) is 22.8 Å². The number of benzene rings is 1. The number of halogens is 3. The molecule has 0 amide bonds. The summed E-state index contributed by atoms with van der Waals surface area (Å²) in [6.45, 7) is 5.89. The fourth-order valence-corrected chi connectivity index (χ4v) is 1.54. The number of esters is 1. The minimum atomic E-state index is -4.45. The minimum Gasteiger partial charge on any atom is -0.453 e. The normalized spacial score (nSPS) is 12.7. The summed E-state index contributed by atoms with van der Waals surface area (Å²) in [6, 6.07) is 4.04. The third-order valence-electron chi connectivity index (χ3n) is 2.59. The first-order valence-corrected chi connectivity index (χ1v) is 5.67. The van der Waals surface area contributed by atoms with E-state index >= 15 is 0 Å². The molecule has 0 spiro atoms. The van der Waals surface area contributed by atoms with E-state index in [-0.39, 0.29) is 11.1 Å². The van der Waals surface area contributed by atoms with E-state index in [4.69, 9.17) is 4.74 Å². The van der Waals surface area contributed by atoms with E-state index in [0.29, 0.717) is 0 Å². The van der Waals surface area contributed by atoms with E-state index in [0.717, 1.165) is 31.2 Å². The quantitative estimate of drug-likeness (QED) is 0.629. The van der Waals surface area contributed by atoms with Crippen LogP contribution in [-0.2, 0) is 20.5 Å². The number of ether oxygens (including phenoxy) is 1. The maximum Gasteiger partial charge on any atom is 0.416 e. The van der Waals surface area contributed by atoms with Crippen molar-refractivity contribution in [2.75, 3.05) is 0 Å². The Hall–Kier alpha value is -2.11. The van der Waals surface area contributed by atoms with Crippen molar-refractivity contribution in [1.29, 1.82) is 0 Å². The molecule has 0 saturated carbocycles. The average molecular weight is 286 g/mol. The molecule has 20 heavy (non-hydrogen) atoms. The Kier molecular flexibility index (Phi) is 4.70. The maximum atomic E-state index is 12.5. The predicted octanol–water partition coefficient (Wildman–Crippen LogP) is 3.45. The van der Waals surface area contributed by atoms with Crippen molar-refractivity contribution in [3.05, 3.63) is 47.5 Å². The molecule has 0 radical (unpaired) electrons. The third-order valence-corrected chi connectivity index (χ3v) is 2.59. The molecule has 0 saturated heterocycles. The van der Waals surface area contributed by atoms with Crippen LogP contribution >= 0.6 is 0 Å². The average Bonchev–Trinajstić information content (AvgIpc) is 2.34. The van der Waals surface area contributed by atoms with Gasteiger partial charge in [-0.25, -0.2) is 0 Å². The smallest absolute Gasteiger partial charge is 0.416 e. The summed E-state index contributed by atoms with van der Waals surface area (Å²) in [4.78, 5) is 22.3. The van der Waals surface area contributed by atoms with E-state index in [1.807, 2.05) is 0 Å². The highest BCUT2D eigenvalue weighted by Crippen LogP contribution is 2.32. The van der Waals surface area contributed by atoms with E-state index in [2.05, 4.69) is 6.58 Å². The number of ketones is 1. The van der Waals surface area contributed by atoms with Crippen molar-refractivity contribution in [3.63, 3.8) is 0 Å². The molecule has 0 aliphatic rings. The highest BCUT2D eigenvalue weighted by molar-refractivity contribution is 5.94. The summed E-state index contributed by atoms with van der Waals surface area (Å²) in [6.07, 6.45) is -5.53. The number of hydrogen-bond donors (Lipinski definition) is 0. The second-order valence-electron chi connectivity index (χ2n) is 4.19. The van der Waals surface area contributed by atoms with Gasteiger partial charge in [0.2, 0.25) is 0 Å². The van der Waals surface area contributed by atoms with Crippen LogP contribution in [0.1, 0.15) is 31.1 Å². The molecule has 1 aromatic rings. The van der Waals surface area contributed by atoms with Gasteiger partial charge in [-0.1, -0.05) is 18.7 Å². The van der Waals surface area contributed by atoms with Crippen LogP contribution in [0.5, 0.6) is 0 Å². The molecule has 0 heterocycles. The van der Waals surface area contributed by atoms with Gasteiger partial charge in [0.05, 0.1) is 5.56 Å². The van der Waals surface area contributed by atoms with Crippen molar-refractivity contribution in [1.82, 2.24) is 0 Å². The van der Waals surface area contributed by atoms with E-state index in [1.165, 1.54) is 6.92 Å². The van der Waals surface area contributed by atoms with Crippen LogP contribution in [-0.4, -0.2) is 11.8 Å². The number of carbonyl (C=O) groups excluding carboxylic acids is 2. The lowest BCUT2D eigenvalue weighted by Crippen LogP contribution is -2.15. The van der Waals surface area contributed by atoms with Crippen LogP contribution in [0.4, 0.5) is 13.2 Å². The largest absolute Gasteiger partial charge is 0.453 e. The summed E-state index contributed by atoms with van der Waals surface area (Å²) in [5.74, 6) is -1.06. The third kappa shape index (κ3) is 3.94. The molecule has 0 aliphatic heterocycles. The summed E-state index contributed by atoms with van der Waals surface area (Å²) >= 11 is 0. The van der Waals surface area contributed by atoms with Gasteiger partial charge >= 0.3 is 12.1 Å². The lowest BCUT2D eigenvalue weighted by molar-refractivity contribution is -0.145. The van der Waals surface area contributed by atoms with Crippen molar-refractivity contribution in [3.8, 4) is 0 Å². The molecule has 3 nitrogen and oxygen atoms in total. The molecular weight excluding hydrogens is 273 g/mol. The van der Waals surface area contributed by atoms with Crippen LogP contribution < -0.4 is 0 Å². The number of rotatable bonds is 4. The zero-order valence-corrected chi connectivity index (χ0v) is 11.0. The number of Topliss-reactive ketones (excluding diaryl/α,β-unsaturated/α-hetero) is 1. The van der Waals surface area contributed by atoms with Gasteiger partial charge in [0.1, 0.15) is 0 Å². The van der Waals surface area contributed by atoms with Gasteiger partial charge in [0, 0.05) is 12.5 Å². The molecule has 0 fully saturated rings. The van der Waals surface area contributed by atoms with Crippen LogP contribution in [0.3, 0.4) is 0 Å². The van der Waals surface area contributed by atoms with E-state index < -0.39 is 29.6 Å². The molecule has 1 unspecified atom stereocenters. The SMILES string of the molecule is C=C(C(C)=O)C(OC(C)=O)c1ccc(C(F)(F)F)cc1. The van der Waals surface area contributed by atoms with Gasteiger partial charge in [-0.3, -0.25) is 9.59 Å². The Morgan fingerprint density at radius 1 is 1.15 bits per heavy atom. The number of hydrogen-bond acceptors (Lipinski definition) is 3. The first kappa shape index (κ1) is 15.9. The Labute approximate surface area is 114 Å². The van der Waals surface area contributed by atoms with Gasteiger partial charge in [0.15, 0.2) is 11.9 Å². The summed E-state index contributed by atoms with van der Waals surface area (Å²) in [5.41, 5.74) is -0.565. The Balaban J connectivity index is 3.12. The molecule has 0 N–H and O–H groups in total. The first-order valence-electron chi connectivity index (χ1n) is 5.67. The fraction of sp³-hybridized carbons (Fsp3) is 0.286. The standard InChI is InChI=1S/C14H13F3O3/c1-8(9(2)18)13(20-10(3)19)11-4-6-12(7-5-11)14(15,16)17/h4-7,13H,1H2,2-3H3. The molecule has 1 rings (SSSR count). The van der Waals surface area contributed by atoms with E-state index in [1.54, 1.807) is 0 Å². The molecule has 0 bridgehead atoms. The first-order chi connectivity index (χ1) is 9.12. The molecule has 108 valence electrons. The Morgan fingerprint density at radius 3 is 2.00 bits per heavy atom. The fourth-order valence-electron chi connectivity index (χ4n) is 1.54. The zero-order valence-electron chi connectivity index (χ0n) is 11.0. The Bertz CT molecular complexity index is 530. The van der Waals surface area contributed by atoms with Gasteiger partial charge in [-0.05, 0) is 24.6 Å². The summed E-state index contributed by atoms with van der Waals surface area (Å²) < 4.78 is 42.3. The lowest BCUT2D eigenvalue weighted by atomic mass is 9.99. The molecular formula is C14H13F3O3. The molecule has 0 aliphatic carbocycles. The minimum absolute atomic E-state index is 0.0000383. The summed E-state index contributed by atoms with van der Waals surface area (Å²) in [5, 5.41) is 0. The second-order valence-corrected chi connectivity index (χ2v) is 4.19. The summed E-state index contributed by atoms with van der Waals surface area (Å²) in [7, 11) is 0. The number of alkyl halides is 3. The topological polar surface area (TPSA) is 43.4 Å². The van der Waals surface area contributed by atoms with Crippen LogP contribution in [0.2, 0.25) is 0 Å². The van der Waals surface area contributed by atoms with Crippen LogP contribution in [0.15, 0.2) is 36.4 Å². The molecule has 6 heteroatoms. The van der Waals surface area contributed by atoms with Crippen LogP contribution in [0, 0.1) is 0 Å². The second kappa shape index (κ2) is 5.90. The highest BCUT2D eigenvalue weighted by Gasteiger charge is 2.31. The number of carbonyl (C=O) groups is 2. The van der Waals surface area contributed by atoms with Gasteiger partial charge in [0.25, 0.3) is 0 Å². The zero-order chi connectivity index (χ0) is 15.5. The molecule has 1 atom stereocenters. The lowest BCUT2D eigenvalue weighted by Gasteiger charge is -2.19. The Morgan fingerprint density at radius 2 is 1.65 bits per heavy atom. The molecule has 1 aromatic carbocycles. The van der Waals surface area contributed by atoms with Gasteiger partial charge in [-0.2, -0.15) is 13.2 Å². The van der Waals surface area contributed by atoms with Crippen molar-refractivity contribution in [2.24, 2.45) is 0 Å². The monoisotopic (exact) mass is 286 g/mol. The van der Waals surface area contributed by atoms with Crippen molar-refractivity contribution in [2.45, 2.75) is 26.1 Å². The maximum absolute atomic E-state index is 12.5. The predicted molar refractivity (Wildman–Crippen MR) is 65.8 cm³/mol. The van der Waals surface area contributed by atoms with Crippen molar-refractivity contribution < 1.29 is 27.5 Å². The van der Waals surface area contributed by atoms with Gasteiger partial charge < -0.3 is 4.74 Å².